The van der Waals surface area contributed by atoms with E-state index < -0.39 is 11.5 Å². The second-order valence-corrected chi connectivity index (χ2v) is 4.66. The molecule has 94 valence electrons. The molecule has 1 N–H and O–H groups in total. The predicted molar refractivity (Wildman–Crippen MR) is 62.6 cm³/mol. The topological polar surface area (TPSA) is 49.8 Å². The molecule has 1 saturated heterocycles. The summed E-state index contributed by atoms with van der Waals surface area (Å²) in [7, 11) is 0. The number of ether oxygens (including phenoxy) is 1. The summed E-state index contributed by atoms with van der Waals surface area (Å²) in [6.07, 6.45) is 2.52. The first-order valence-electron chi connectivity index (χ1n) is 6.14. The molecule has 0 bridgehead atoms. The maximum atomic E-state index is 11.5. The van der Waals surface area contributed by atoms with E-state index in [4.69, 9.17) is 4.74 Å². The Hall–Kier alpha value is -0.610. The van der Waals surface area contributed by atoms with Crippen LogP contribution in [-0.4, -0.2) is 47.3 Å². The van der Waals surface area contributed by atoms with Gasteiger partial charge in [-0.05, 0) is 19.8 Å². The molecular weight excluding hydrogens is 206 g/mol. The highest BCUT2D eigenvalue weighted by Gasteiger charge is 2.42. The average Bonchev–Trinajstić information content (AvgIpc) is 2.29. The molecule has 0 radical (unpaired) electrons. The number of carboxylic acids is 1. The first-order valence-corrected chi connectivity index (χ1v) is 6.14. The number of hydrogen-bond donors (Lipinski definition) is 1. The van der Waals surface area contributed by atoms with E-state index >= 15 is 0 Å². The van der Waals surface area contributed by atoms with E-state index in [0.717, 1.165) is 19.4 Å². The van der Waals surface area contributed by atoms with E-state index in [2.05, 4.69) is 11.8 Å². The smallest absolute Gasteiger partial charge is 0.323 e. The van der Waals surface area contributed by atoms with Crippen LogP contribution in [0, 0.1) is 0 Å². The van der Waals surface area contributed by atoms with Crippen molar-refractivity contribution < 1.29 is 14.6 Å². The number of nitrogens with zero attached hydrogens (tertiary/aromatic N) is 1. The molecule has 0 aromatic carbocycles. The largest absolute Gasteiger partial charge is 0.480 e. The van der Waals surface area contributed by atoms with Gasteiger partial charge in [-0.25, -0.2) is 0 Å². The normalized spacial score (nSPS) is 26.3. The van der Waals surface area contributed by atoms with E-state index in [1.807, 2.05) is 13.8 Å². The zero-order valence-corrected chi connectivity index (χ0v) is 10.5. The molecule has 0 aromatic rings. The molecule has 0 aromatic heterocycles. The fraction of sp³-hybridized carbons (Fsp3) is 0.917. The number of morpholine rings is 1. The SMILES string of the molecule is CCCC(C)(C(=O)O)N1CCOCC1CC. The number of carbonyl (C=O) groups is 1. The number of rotatable bonds is 5. The minimum atomic E-state index is -0.737. The molecule has 0 spiro atoms. The number of hydrogen-bond acceptors (Lipinski definition) is 3. The molecule has 0 amide bonds. The molecule has 0 saturated carbocycles. The monoisotopic (exact) mass is 229 g/mol. The maximum Gasteiger partial charge on any atom is 0.323 e. The summed E-state index contributed by atoms with van der Waals surface area (Å²) in [4.78, 5) is 13.6. The quantitative estimate of drug-likeness (QED) is 0.780. The minimum Gasteiger partial charge on any atom is -0.480 e. The Bertz CT molecular complexity index is 244. The second-order valence-electron chi connectivity index (χ2n) is 4.66. The molecule has 16 heavy (non-hydrogen) atoms. The van der Waals surface area contributed by atoms with Crippen molar-refractivity contribution in [1.82, 2.24) is 4.90 Å². The van der Waals surface area contributed by atoms with Crippen molar-refractivity contribution in [3.8, 4) is 0 Å². The van der Waals surface area contributed by atoms with Crippen molar-refractivity contribution in [3.05, 3.63) is 0 Å². The summed E-state index contributed by atoms with van der Waals surface area (Å²) in [5, 5.41) is 9.45. The van der Waals surface area contributed by atoms with E-state index in [1.165, 1.54) is 0 Å². The summed E-state index contributed by atoms with van der Waals surface area (Å²) in [5.74, 6) is -0.713. The van der Waals surface area contributed by atoms with Crippen LogP contribution < -0.4 is 0 Å². The first-order chi connectivity index (χ1) is 7.56. The Morgan fingerprint density at radius 1 is 1.56 bits per heavy atom. The van der Waals surface area contributed by atoms with Crippen molar-refractivity contribution in [2.45, 2.75) is 51.6 Å². The van der Waals surface area contributed by atoms with Crippen LogP contribution in [0.15, 0.2) is 0 Å². The summed E-state index contributed by atoms with van der Waals surface area (Å²) in [5.41, 5.74) is -0.737. The van der Waals surface area contributed by atoms with E-state index in [-0.39, 0.29) is 6.04 Å². The second kappa shape index (κ2) is 5.64. The number of aliphatic carboxylic acids is 1. The van der Waals surface area contributed by atoms with Crippen molar-refractivity contribution in [3.63, 3.8) is 0 Å². The van der Waals surface area contributed by atoms with Crippen molar-refractivity contribution in [2.75, 3.05) is 19.8 Å². The van der Waals surface area contributed by atoms with Crippen LogP contribution in [0.1, 0.15) is 40.0 Å². The average molecular weight is 229 g/mol. The molecule has 1 rings (SSSR count). The van der Waals surface area contributed by atoms with Gasteiger partial charge in [0.15, 0.2) is 0 Å². The van der Waals surface area contributed by atoms with Crippen molar-refractivity contribution in [2.24, 2.45) is 0 Å². The molecule has 1 fully saturated rings. The molecule has 1 aliphatic heterocycles. The van der Waals surface area contributed by atoms with Gasteiger partial charge in [0.1, 0.15) is 5.54 Å². The molecule has 4 heteroatoms. The summed E-state index contributed by atoms with van der Waals surface area (Å²) >= 11 is 0. The predicted octanol–water partition coefficient (Wildman–Crippen LogP) is 1.74. The highest BCUT2D eigenvalue weighted by atomic mass is 16.5. The highest BCUT2D eigenvalue weighted by Crippen LogP contribution is 2.27. The van der Waals surface area contributed by atoms with Crippen LogP contribution in [0.3, 0.4) is 0 Å². The minimum absolute atomic E-state index is 0.237. The van der Waals surface area contributed by atoms with Crippen LogP contribution in [0.25, 0.3) is 0 Å². The fourth-order valence-corrected chi connectivity index (χ4v) is 2.50. The molecule has 1 heterocycles. The van der Waals surface area contributed by atoms with Crippen LogP contribution in [0.2, 0.25) is 0 Å². The van der Waals surface area contributed by atoms with Gasteiger partial charge in [0.05, 0.1) is 13.2 Å². The Kier molecular flexibility index (Phi) is 4.74. The molecule has 2 atom stereocenters. The van der Waals surface area contributed by atoms with Gasteiger partial charge < -0.3 is 9.84 Å². The van der Waals surface area contributed by atoms with Gasteiger partial charge >= 0.3 is 5.97 Å². The van der Waals surface area contributed by atoms with Gasteiger partial charge in [-0.2, -0.15) is 0 Å². The van der Waals surface area contributed by atoms with Crippen LogP contribution >= 0.6 is 0 Å². The highest BCUT2D eigenvalue weighted by molar-refractivity contribution is 5.78. The van der Waals surface area contributed by atoms with Crippen LogP contribution in [0.4, 0.5) is 0 Å². The Balaban J connectivity index is 2.86. The molecule has 0 aliphatic carbocycles. The molecular formula is C12H23NO3. The van der Waals surface area contributed by atoms with Crippen LogP contribution in [-0.2, 0) is 9.53 Å². The van der Waals surface area contributed by atoms with Gasteiger partial charge in [0.25, 0.3) is 0 Å². The lowest BCUT2D eigenvalue weighted by Crippen LogP contribution is -2.60. The van der Waals surface area contributed by atoms with Gasteiger partial charge in [-0.3, -0.25) is 9.69 Å². The molecule has 4 nitrogen and oxygen atoms in total. The molecule has 1 aliphatic rings. The lowest BCUT2D eigenvalue weighted by Gasteiger charge is -2.45. The summed E-state index contributed by atoms with van der Waals surface area (Å²) in [6.45, 7) is 7.98. The lowest BCUT2D eigenvalue weighted by atomic mass is 9.91. The van der Waals surface area contributed by atoms with Gasteiger partial charge in [0, 0.05) is 12.6 Å². The van der Waals surface area contributed by atoms with Crippen molar-refractivity contribution >= 4 is 5.97 Å². The van der Waals surface area contributed by atoms with E-state index in [9.17, 15) is 9.90 Å². The third-order valence-corrected chi connectivity index (χ3v) is 3.53. The van der Waals surface area contributed by atoms with E-state index in [1.54, 1.807) is 0 Å². The maximum absolute atomic E-state index is 11.5. The van der Waals surface area contributed by atoms with Crippen molar-refractivity contribution in [1.29, 1.82) is 0 Å². The fourth-order valence-electron chi connectivity index (χ4n) is 2.50. The lowest BCUT2D eigenvalue weighted by molar-refractivity contribution is -0.158. The van der Waals surface area contributed by atoms with Crippen LogP contribution in [0.5, 0.6) is 0 Å². The standard InChI is InChI=1S/C12H23NO3/c1-4-6-12(3,11(14)15)13-7-8-16-9-10(13)5-2/h10H,4-9H2,1-3H3,(H,14,15). The van der Waals surface area contributed by atoms with Gasteiger partial charge in [0.2, 0.25) is 0 Å². The zero-order valence-electron chi connectivity index (χ0n) is 10.5. The Labute approximate surface area is 97.6 Å². The van der Waals surface area contributed by atoms with Gasteiger partial charge in [-0.15, -0.1) is 0 Å². The Morgan fingerprint density at radius 2 is 2.25 bits per heavy atom. The Morgan fingerprint density at radius 3 is 2.75 bits per heavy atom. The van der Waals surface area contributed by atoms with E-state index in [0.29, 0.717) is 19.6 Å². The summed E-state index contributed by atoms with van der Waals surface area (Å²) in [6, 6.07) is 0.237. The first kappa shape index (κ1) is 13.5. The third kappa shape index (κ3) is 2.55. The van der Waals surface area contributed by atoms with Gasteiger partial charge in [-0.1, -0.05) is 20.3 Å². The number of carboxylic acid groups (broad SMARTS) is 1. The molecule has 2 unspecified atom stereocenters. The zero-order chi connectivity index (χ0) is 12.2. The third-order valence-electron chi connectivity index (χ3n) is 3.53. The summed E-state index contributed by atoms with van der Waals surface area (Å²) < 4.78 is 5.42.